The molecule has 0 aliphatic heterocycles. The molecule has 0 fully saturated rings. The second-order valence-electron chi connectivity index (χ2n) is 3.30. The maximum Gasteiger partial charge on any atom is 0.355 e. The molecule has 0 bridgehead atoms. The number of aromatic nitrogens is 1. The molecule has 0 aliphatic carbocycles. The Hall–Kier alpha value is -2.50. The minimum absolute atomic E-state index is 0.0186. The van der Waals surface area contributed by atoms with E-state index in [0.29, 0.717) is 0 Å². The molecule has 0 atom stereocenters. The molecule has 0 aliphatic rings. The van der Waals surface area contributed by atoms with Gasteiger partial charge in [-0.25, -0.2) is 19.0 Å². The van der Waals surface area contributed by atoms with Crippen LogP contribution in [0.4, 0.5) is 4.39 Å². The molecular formula is C11H6FNO4. The minimum atomic E-state index is -1.46. The van der Waals surface area contributed by atoms with Crippen LogP contribution in [0.25, 0.3) is 10.9 Å². The number of nitrogens with zero attached hydrogens (tertiary/aromatic N) is 1. The minimum Gasteiger partial charge on any atom is -0.478 e. The van der Waals surface area contributed by atoms with Crippen molar-refractivity contribution in [2.45, 2.75) is 0 Å². The van der Waals surface area contributed by atoms with Gasteiger partial charge in [-0.3, -0.25) is 0 Å². The highest BCUT2D eigenvalue weighted by Gasteiger charge is 2.19. The van der Waals surface area contributed by atoms with E-state index < -0.39 is 29.0 Å². The Morgan fingerprint density at radius 1 is 1.18 bits per heavy atom. The van der Waals surface area contributed by atoms with E-state index in [0.717, 1.165) is 12.1 Å². The van der Waals surface area contributed by atoms with E-state index in [1.54, 1.807) is 0 Å². The smallest absolute Gasteiger partial charge is 0.355 e. The number of carboxylic acid groups (broad SMARTS) is 2. The summed E-state index contributed by atoms with van der Waals surface area (Å²) in [6.45, 7) is 0. The van der Waals surface area contributed by atoms with Crippen molar-refractivity contribution in [2.75, 3.05) is 0 Å². The monoisotopic (exact) mass is 235 g/mol. The van der Waals surface area contributed by atoms with Gasteiger partial charge in [0, 0.05) is 5.39 Å². The molecule has 0 saturated heterocycles. The Labute approximate surface area is 94.1 Å². The molecule has 1 heterocycles. The third-order valence-corrected chi connectivity index (χ3v) is 2.24. The normalized spacial score (nSPS) is 10.4. The standard InChI is InChI=1S/C11H6FNO4/c12-7-2-1-3-8-5(7)4-6(10(14)15)9(13-8)11(16)17/h1-4H,(H,14,15)(H,16,17). The SMILES string of the molecule is O=C(O)c1cc2c(F)cccc2nc1C(=O)O. The molecule has 1 aromatic carbocycles. The largest absolute Gasteiger partial charge is 0.478 e. The highest BCUT2D eigenvalue weighted by molar-refractivity contribution is 6.03. The molecule has 1 aromatic heterocycles. The van der Waals surface area contributed by atoms with E-state index in [9.17, 15) is 14.0 Å². The molecule has 0 unspecified atom stereocenters. The number of rotatable bonds is 2. The molecule has 0 spiro atoms. The van der Waals surface area contributed by atoms with Crippen LogP contribution >= 0.6 is 0 Å². The predicted molar refractivity (Wildman–Crippen MR) is 55.6 cm³/mol. The Kier molecular flexibility index (Phi) is 2.47. The highest BCUT2D eigenvalue weighted by atomic mass is 19.1. The third kappa shape index (κ3) is 1.80. The van der Waals surface area contributed by atoms with Crippen LogP contribution in [0.15, 0.2) is 24.3 Å². The fourth-order valence-electron chi connectivity index (χ4n) is 1.49. The van der Waals surface area contributed by atoms with Crippen LogP contribution in [0.2, 0.25) is 0 Å². The number of pyridine rings is 1. The van der Waals surface area contributed by atoms with Crippen molar-refractivity contribution in [1.29, 1.82) is 0 Å². The van der Waals surface area contributed by atoms with E-state index in [4.69, 9.17) is 10.2 Å². The summed E-state index contributed by atoms with van der Waals surface area (Å²) in [5.41, 5.74) is -1.03. The van der Waals surface area contributed by atoms with Gasteiger partial charge in [0.2, 0.25) is 0 Å². The van der Waals surface area contributed by atoms with Crippen LogP contribution in [-0.2, 0) is 0 Å². The summed E-state index contributed by atoms with van der Waals surface area (Å²) in [6, 6.07) is 4.91. The molecule has 86 valence electrons. The van der Waals surface area contributed by atoms with Crippen LogP contribution in [0.3, 0.4) is 0 Å². The average molecular weight is 235 g/mol. The number of fused-ring (bicyclic) bond motifs is 1. The van der Waals surface area contributed by atoms with Crippen LogP contribution in [0, 0.1) is 5.82 Å². The van der Waals surface area contributed by atoms with E-state index in [1.807, 2.05) is 0 Å². The second-order valence-corrected chi connectivity index (χ2v) is 3.30. The number of benzene rings is 1. The van der Waals surface area contributed by atoms with Gasteiger partial charge in [0.1, 0.15) is 5.82 Å². The average Bonchev–Trinajstić information content (AvgIpc) is 2.27. The van der Waals surface area contributed by atoms with Crippen molar-refractivity contribution in [3.63, 3.8) is 0 Å². The zero-order chi connectivity index (χ0) is 12.6. The second kappa shape index (κ2) is 3.82. The molecule has 2 aromatic rings. The molecule has 17 heavy (non-hydrogen) atoms. The lowest BCUT2D eigenvalue weighted by Crippen LogP contribution is -2.11. The van der Waals surface area contributed by atoms with Crippen molar-refractivity contribution in [1.82, 2.24) is 4.98 Å². The Morgan fingerprint density at radius 3 is 2.47 bits per heavy atom. The number of carbonyl (C=O) groups is 2. The van der Waals surface area contributed by atoms with Gasteiger partial charge in [0.15, 0.2) is 5.69 Å². The van der Waals surface area contributed by atoms with Gasteiger partial charge in [-0.1, -0.05) is 6.07 Å². The van der Waals surface area contributed by atoms with Gasteiger partial charge in [0.05, 0.1) is 11.1 Å². The lowest BCUT2D eigenvalue weighted by Gasteiger charge is -2.04. The Bertz CT molecular complexity index is 639. The number of hydrogen-bond acceptors (Lipinski definition) is 3. The van der Waals surface area contributed by atoms with Crippen LogP contribution in [-0.4, -0.2) is 27.1 Å². The Morgan fingerprint density at radius 2 is 1.88 bits per heavy atom. The molecule has 0 saturated carbocycles. The molecule has 6 heteroatoms. The predicted octanol–water partition coefficient (Wildman–Crippen LogP) is 1.77. The summed E-state index contributed by atoms with van der Waals surface area (Å²) in [5, 5.41) is 17.6. The molecular weight excluding hydrogens is 229 g/mol. The fourth-order valence-corrected chi connectivity index (χ4v) is 1.49. The van der Waals surface area contributed by atoms with Crippen LogP contribution in [0.1, 0.15) is 20.8 Å². The van der Waals surface area contributed by atoms with E-state index in [1.165, 1.54) is 12.1 Å². The van der Waals surface area contributed by atoms with Crippen molar-refractivity contribution in [2.24, 2.45) is 0 Å². The number of halogens is 1. The summed E-state index contributed by atoms with van der Waals surface area (Å²) < 4.78 is 13.4. The number of aromatic carboxylic acids is 2. The van der Waals surface area contributed by atoms with Crippen LogP contribution < -0.4 is 0 Å². The van der Waals surface area contributed by atoms with Gasteiger partial charge in [-0.05, 0) is 18.2 Å². The zero-order valence-electron chi connectivity index (χ0n) is 8.35. The van der Waals surface area contributed by atoms with Crippen molar-refractivity contribution >= 4 is 22.8 Å². The summed E-state index contributed by atoms with van der Waals surface area (Å²) in [7, 11) is 0. The van der Waals surface area contributed by atoms with E-state index in [2.05, 4.69) is 4.98 Å². The molecule has 0 radical (unpaired) electrons. The first-order chi connectivity index (χ1) is 8.00. The van der Waals surface area contributed by atoms with Crippen molar-refractivity contribution in [3.05, 3.63) is 41.3 Å². The summed E-state index contributed by atoms with van der Waals surface area (Å²) in [5.74, 6) is -3.57. The maximum atomic E-state index is 13.4. The van der Waals surface area contributed by atoms with E-state index in [-0.39, 0.29) is 10.9 Å². The van der Waals surface area contributed by atoms with Crippen molar-refractivity contribution < 1.29 is 24.2 Å². The van der Waals surface area contributed by atoms with Crippen LogP contribution in [0.5, 0.6) is 0 Å². The highest BCUT2D eigenvalue weighted by Crippen LogP contribution is 2.19. The number of carboxylic acids is 2. The lowest BCUT2D eigenvalue weighted by molar-refractivity contribution is 0.0647. The molecule has 2 rings (SSSR count). The van der Waals surface area contributed by atoms with Gasteiger partial charge >= 0.3 is 11.9 Å². The molecule has 2 N–H and O–H groups in total. The van der Waals surface area contributed by atoms with Gasteiger partial charge in [-0.2, -0.15) is 0 Å². The topological polar surface area (TPSA) is 87.5 Å². The van der Waals surface area contributed by atoms with Crippen molar-refractivity contribution in [3.8, 4) is 0 Å². The summed E-state index contributed by atoms with van der Waals surface area (Å²) in [6.07, 6.45) is 0. The summed E-state index contributed by atoms with van der Waals surface area (Å²) in [4.78, 5) is 25.3. The fraction of sp³-hybridized carbons (Fsp3) is 0. The molecule has 5 nitrogen and oxygen atoms in total. The lowest BCUT2D eigenvalue weighted by atomic mass is 10.1. The Balaban J connectivity index is 2.87. The first kappa shape index (κ1) is 11.0. The maximum absolute atomic E-state index is 13.4. The number of hydrogen-bond donors (Lipinski definition) is 2. The van der Waals surface area contributed by atoms with E-state index >= 15 is 0 Å². The first-order valence-corrected chi connectivity index (χ1v) is 4.56. The van der Waals surface area contributed by atoms with Gasteiger partial charge in [-0.15, -0.1) is 0 Å². The van der Waals surface area contributed by atoms with Gasteiger partial charge < -0.3 is 10.2 Å². The molecule has 0 amide bonds. The third-order valence-electron chi connectivity index (χ3n) is 2.24. The zero-order valence-corrected chi connectivity index (χ0v) is 8.35. The summed E-state index contributed by atoms with van der Waals surface area (Å²) >= 11 is 0. The quantitative estimate of drug-likeness (QED) is 0.828. The van der Waals surface area contributed by atoms with Gasteiger partial charge in [0.25, 0.3) is 0 Å². The first-order valence-electron chi connectivity index (χ1n) is 4.56.